The van der Waals surface area contributed by atoms with Gasteiger partial charge in [-0.3, -0.25) is 0 Å². The van der Waals surface area contributed by atoms with Crippen molar-refractivity contribution in [1.82, 2.24) is 0 Å². The second-order valence-electron chi connectivity index (χ2n) is 4.98. The van der Waals surface area contributed by atoms with Gasteiger partial charge in [0.05, 0.1) is 6.10 Å². The highest BCUT2D eigenvalue weighted by Crippen LogP contribution is 2.28. The van der Waals surface area contributed by atoms with Crippen LogP contribution >= 0.6 is 0 Å². The molecule has 1 fully saturated rings. The van der Waals surface area contributed by atoms with E-state index < -0.39 is 0 Å². The largest absolute Gasteiger partial charge is 0.393 e. The quantitative estimate of drug-likeness (QED) is 0.732. The lowest BCUT2D eigenvalue weighted by atomic mass is 9.82. The summed E-state index contributed by atoms with van der Waals surface area (Å²) >= 11 is 0. The van der Waals surface area contributed by atoms with Crippen molar-refractivity contribution in [2.24, 2.45) is 11.8 Å². The maximum atomic E-state index is 10.2. The lowest BCUT2D eigenvalue weighted by molar-refractivity contribution is 0.0434. The zero-order valence-corrected chi connectivity index (χ0v) is 9.84. The maximum absolute atomic E-state index is 10.2. The molecule has 1 nitrogen and oxygen atoms in total. The van der Waals surface area contributed by atoms with Crippen molar-refractivity contribution in [1.29, 1.82) is 0 Å². The first-order valence-corrected chi connectivity index (χ1v) is 6.43. The molecule has 1 rings (SSSR count). The van der Waals surface area contributed by atoms with Crippen molar-refractivity contribution in [3.63, 3.8) is 0 Å². The van der Waals surface area contributed by atoms with Gasteiger partial charge in [-0.15, -0.1) is 0 Å². The minimum absolute atomic E-state index is 0.0434. The number of aliphatic hydroxyl groups excluding tert-OH is 1. The number of rotatable bonds is 3. The molecule has 0 aromatic rings. The molecule has 1 aliphatic rings. The number of hydrogen-bond acceptors (Lipinski definition) is 1. The lowest BCUT2D eigenvalue weighted by Crippen LogP contribution is -2.27. The van der Waals surface area contributed by atoms with Crippen LogP contribution in [0.15, 0.2) is 0 Å². The Morgan fingerprint density at radius 1 is 1.07 bits per heavy atom. The van der Waals surface area contributed by atoms with Crippen LogP contribution in [0.3, 0.4) is 0 Å². The molecule has 0 aromatic carbocycles. The summed E-state index contributed by atoms with van der Waals surface area (Å²) in [6.07, 6.45) is 10.4. The topological polar surface area (TPSA) is 20.2 Å². The lowest BCUT2D eigenvalue weighted by Gasteiger charge is -2.28. The molecule has 0 radical (unpaired) electrons. The molecule has 0 aromatic heterocycles. The van der Waals surface area contributed by atoms with Crippen LogP contribution in [0.5, 0.6) is 0 Å². The smallest absolute Gasteiger partial charge is 0.0593 e. The Kier molecular flexibility index (Phi) is 5.54. The normalized spacial score (nSPS) is 25.1. The molecule has 0 amide bonds. The minimum atomic E-state index is -0.0434. The first kappa shape index (κ1) is 12.0. The van der Waals surface area contributed by atoms with E-state index in [1.165, 1.54) is 44.9 Å². The van der Waals surface area contributed by atoms with E-state index in [0.29, 0.717) is 11.8 Å². The second kappa shape index (κ2) is 6.44. The summed E-state index contributed by atoms with van der Waals surface area (Å²) in [6.45, 7) is 4.36. The Morgan fingerprint density at radius 2 is 1.57 bits per heavy atom. The predicted octanol–water partition coefficient (Wildman–Crippen LogP) is 3.75. The molecule has 14 heavy (non-hydrogen) atoms. The van der Waals surface area contributed by atoms with Gasteiger partial charge in [0.2, 0.25) is 0 Å². The van der Waals surface area contributed by atoms with Crippen molar-refractivity contribution in [2.75, 3.05) is 0 Å². The van der Waals surface area contributed by atoms with Crippen molar-refractivity contribution < 1.29 is 5.11 Å². The fourth-order valence-electron chi connectivity index (χ4n) is 2.54. The number of hydrogen-bond donors (Lipinski definition) is 1. The summed E-state index contributed by atoms with van der Waals surface area (Å²) in [5.74, 6) is 1.07. The molecule has 1 aliphatic carbocycles. The molecule has 84 valence electrons. The highest BCUT2D eigenvalue weighted by molar-refractivity contribution is 4.74. The van der Waals surface area contributed by atoms with Gasteiger partial charge in [-0.2, -0.15) is 0 Å². The SMILES string of the molecule is CCC(C)C(O)C1CCCCCCC1. The molecule has 2 atom stereocenters. The van der Waals surface area contributed by atoms with Crippen LogP contribution < -0.4 is 0 Å². The Bertz CT molecular complexity index is 136. The molecular formula is C13H26O. The van der Waals surface area contributed by atoms with E-state index in [9.17, 15) is 5.11 Å². The van der Waals surface area contributed by atoms with Crippen molar-refractivity contribution in [2.45, 2.75) is 71.3 Å². The van der Waals surface area contributed by atoms with E-state index in [0.717, 1.165) is 6.42 Å². The Hall–Kier alpha value is -0.0400. The third-order valence-corrected chi connectivity index (χ3v) is 3.86. The van der Waals surface area contributed by atoms with E-state index in [1.54, 1.807) is 0 Å². The van der Waals surface area contributed by atoms with Crippen LogP contribution in [0, 0.1) is 11.8 Å². The van der Waals surface area contributed by atoms with Gasteiger partial charge in [0.15, 0.2) is 0 Å². The van der Waals surface area contributed by atoms with Crippen LogP contribution in [-0.4, -0.2) is 11.2 Å². The Balaban J connectivity index is 2.38. The van der Waals surface area contributed by atoms with Crippen molar-refractivity contribution in [3.05, 3.63) is 0 Å². The predicted molar refractivity (Wildman–Crippen MR) is 61.3 cm³/mol. The summed E-state index contributed by atoms with van der Waals surface area (Å²) in [5.41, 5.74) is 0. The monoisotopic (exact) mass is 198 g/mol. The average Bonchev–Trinajstić information content (AvgIpc) is 2.15. The van der Waals surface area contributed by atoms with Gasteiger partial charge >= 0.3 is 0 Å². The first-order valence-electron chi connectivity index (χ1n) is 6.43. The molecule has 1 heteroatoms. The second-order valence-corrected chi connectivity index (χ2v) is 4.98. The van der Waals surface area contributed by atoms with Gasteiger partial charge in [0.1, 0.15) is 0 Å². The van der Waals surface area contributed by atoms with Gasteiger partial charge < -0.3 is 5.11 Å². The van der Waals surface area contributed by atoms with E-state index >= 15 is 0 Å². The molecule has 1 saturated carbocycles. The Morgan fingerprint density at radius 3 is 2.07 bits per heavy atom. The molecular weight excluding hydrogens is 172 g/mol. The van der Waals surface area contributed by atoms with E-state index in [2.05, 4.69) is 13.8 Å². The van der Waals surface area contributed by atoms with E-state index in [4.69, 9.17) is 0 Å². The van der Waals surface area contributed by atoms with Crippen LogP contribution in [-0.2, 0) is 0 Å². The standard InChI is InChI=1S/C13H26O/c1-3-11(2)13(14)12-9-7-5-4-6-8-10-12/h11-14H,3-10H2,1-2H3. The average molecular weight is 198 g/mol. The summed E-state index contributed by atoms with van der Waals surface area (Å²) in [7, 11) is 0. The van der Waals surface area contributed by atoms with Crippen LogP contribution in [0.2, 0.25) is 0 Å². The third-order valence-electron chi connectivity index (χ3n) is 3.86. The summed E-state index contributed by atoms with van der Waals surface area (Å²) in [4.78, 5) is 0. The zero-order valence-electron chi connectivity index (χ0n) is 9.84. The maximum Gasteiger partial charge on any atom is 0.0593 e. The third kappa shape index (κ3) is 3.61. The zero-order chi connectivity index (χ0) is 10.4. The highest BCUT2D eigenvalue weighted by atomic mass is 16.3. The molecule has 1 N–H and O–H groups in total. The van der Waals surface area contributed by atoms with Gasteiger partial charge in [-0.1, -0.05) is 52.4 Å². The van der Waals surface area contributed by atoms with Crippen LogP contribution in [0.25, 0.3) is 0 Å². The van der Waals surface area contributed by atoms with E-state index in [1.807, 2.05) is 0 Å². The van der Waals surface area contributed by atoms with Crippen LogP contribution in [0.1, 0.15) is 65.2 Å². The molecule has 2 unspecified atom stereocenters. The van der Waals surface area contributed by atoms with Crippen LogP contribution in [0.4, 0.5) is 0 Å². The summed E-state index contributed by atoms with van der Waals surface area (Å²) < 4.78 is 0. The van der Waals surface area contributed by atoms with Gasteiger partial charge in [-0.05, 0) is 24.7 Å². The van der Waals surface area contributed by atoms with E-state index in [-0.39, 0.29) is 6.10 Å². The summed E-state index contributed by atoms with van der Waals surface area (Å²) in [6, 6.07) is 0. The number of aliphatic hydroxyl groups is 1. The fraction of sp³-hybridized carbons (Fsp3) is 1.00. The Labute approximate surface area is 88.9 Å². The molecule has 0 heterocycles. The molecule has 0 aliphatic heterocycles. The molecule has 0 spiro atoms. The highest BCUT2D eigenvalue weighted by Gasteiger charge is 2.23. The fourth-order valence-corrected chi connectivity index (χ4v) is 2.54. The van der Waals surface area contributed by atoms with Gasteiger partial charge in [0.25, 0.3) is 0 Å². The van der Waals surface area contributed by atoms with Gasteiger partial charge in [0, 0.05) is 0 Å². The molecule has 0 saturated heterocycles. The van der Waals surface area contributed by atoms with Crippen molar-refractivity contribution >= 4 is 0 Å². The first-order chi connectivity index (χ1) is 6.75. The van der Waals surface area contributed by atoms with Crippen molar-refractivity contribution in [3.8, 4) is 0 Å². The minimum Gasteiger partial charge on any atom is -0.393 e. The van der Waals surface area contributed by atoms with Gasteiger partial charge in [-0.25, -0.2) is 0 Å². The summed E-state index contributed by atoms with van der Waals surface area (Å²) in [5, 5.41) is 10.2. The molecule has 0 bridgehead atoms.